The number of carbonyl (C=O) groups excluding carboxylic acids is 2. The molecule has 1 fully saturated rings. The minimum absolute atomic E-state index is 0.0475. The lowest BCUT2D eigenvalue weighted by Gasteiger charge is -2.18. The van der Waals surface area contributed by atoms with Crippen molar-refractivity contribution >= 4 is 23.3 Å². The van der Waals surface area contributed by atoms with Crippen LogP contribution in [0.5, 0.6) is 0 Å². The van der Waals surface area contributed by atoms with Crippen LogP contribution in [0.3, 0.4) is 0 Å². The Kier molecular flexibility index (Phi) is 6.88. The number of carbonyl (C=O) groups is 2. The van der Waals surface area contributed by atoms with Crippen LogP contribution in [0.15, 0.2) is 48.5 Å². The van der Waals surface area contributed by atoms with Gasteiger partial charge in [0.1, 0.15) is 0 Å². The van der Waals surface area contributed by atoms with E-state index in [0.717, 1.165) is 31.6 Å². The van der Waals surface area contributed by atoms with E-state index in [1.165, 1.54) is 5.56 Å². The highest BCUT2D eigenvalue weighted by molar-refractivity contribution is 5.94. The quantitative estimate of drug-likeness (QED) is 0.694. The zero-order valence-corrected chi connectivity index (χ0v) is 17.4. The molecular formula is C23H30N4O2. The zero-order chi connectivity index (χ0) is 20.8. The lowest BCUT2D eigenvalue weighted by Crippen LogP contribution is -2.39. The first-order valence-corrected chi connectivity index (χ1v) is 10.2. The lowest BCUT2D eigenvalue weighted by molar-refractivity contribution is -0.118. The summed E-state index contributed by atoms with van der Waals surface area (Å²) in [5.41, 5.74) is 3.61. The molecule has 0 aliphatic carbocycles. The molecule has 1 atom stereocenters. The highest BCUT2D eigenvalue weighted by Crippen LogP contribution is 2.21. The number of nitrogens with one attached hydrogen (secondary N) is 3. The zero-order valence-electron chi connectivity index (χ0n) is 17.4. The minimum Gasteiger partial charge on any atom is -0.334 e. The van der Waals surface area contributed by atoms with Crippen molar-refractivity contribution in [2.45, 2.75) is 39.8 Å². The largest absolute Gasteiger partial charge is 0.334 e. The predicted octanol–water partition coefficient (Wildman–Crippen LogP) is 3.99. The van der Waals surface area contributed by atoms with Crippen LogP contribution in [0.2, 0.25) is 0 Å². The molecule has 1 aliphatic rings. The number of anilines is 2. The van der Waals surface area contributed by atoms with Crippen molar-refractivity contribution in [2.75, 3.05) is 23.7 Å². The van der Waals surface area contributed by atoms with E-state index in [4.69, 9.17) is 0 Å². The first-order chi connectivity index (χ1) is 13.9. The molecule has 1 saturated heterocycles. The first kappa shape index (κ1) is 20.9. The van der Waals surface area contributed by atoms with Gasteiger partial charge in [-0.3, -0.25) is 9.69 Å². The van der Waals surface area contributed by atoms with Gasteiger partial charge in [0, 0.05) is 43.0 Å². The number of likely N-dealkylation sites (tertiary alicyclic amines) is 1. The normalized spacial score (nSPS) is 16.6. The van der Waals surface area contributed by atoms with Crippen molar-refractivity contribution in [1.82, 2.24) is 10.2 Å². The second-order valence-electron chi connectivity index (χ2n) is 7.98. The summed E-state index contributed by atoms with van der Waals surface area (Å²) >= 11 is 0. The summed E-state index contributed by atoms with van der Waals surface area (Å²) in [5.74, 6) is -0.147. The second-order valence-corrected chi connectivity index (χ2v) is 7.98. The van der Waals surface area contributed by atoms with E-state index in [2.05, 4.69) is 45.1 Å². The van der Waals surface area contributed by atoms with Gasteiger partial charge in [0.25, 0.3) is 0 Å². The maximum absolute atomic E-state index is 12.5. The van der Waals surface area contributed by atoms with Crippen molar-refractivity contribution in [3.63, 3.8) is 0 Å². The summed E-state index contributed by atoms with van der Waals surface area (Å²) < 4.78 is 0. The lowest BCUT2D eigenvalue weighted by atomic mass is 10.1. The molecule has 0 saturated carbocycles. The van der Waals surface area contributed by atoms with E-state index < -0.39 is 0 Å². The van der Waals surface area contributed by atoms with Crippen LogP contribution in [-0.2, 0) is 11.3 Å². The third-order valence-electron chi connectivity index (χ3n) is 5.13. The number of aryl methyl sites for hydroxylation is 1. The fourth-order valence-corrected chi connectivity index (χ4v) is 3.40. The summed E-state index contributed by atoms with van der Waals surface area (Å²) in [7, 11) is 0. The first-order valence-electron chi connectivity index (χ1n) is 10.2. The molecule has 6 nitrogen and oxygen atoms in total. The van der Waals surface area contributed by atoms with E-state index in [0.29, 0.717) is 11.4 Å². The standard InChI is InChI=1S/C23H30N4O2/c1-16(2)22(28)24-19-10-9-17(3)21(13-19)26-23(29)25-20-11-12-27(15-20)14-18-7-5-4-6-8-18/h4-10,13,16,20H,11-12,14-15H2,1-3H3,(H,24,28)(H2,25,26,29)/t20-/m1/s1. The number of rotatable bonds is 6. The molecule has 3 rings (SSSR count). The molecule has 2 aromatic rings. The Labute approximate surface area is 172 Å². The molecule has 1 heterocycles. The molecule has 3 amide bonds. The van der Waals surface area contributed by atoms with Gasteiger partial charge in [-0.25, -0.2) is 4.79 Å². The smallest absolute Gasteiger partial charge is 0.319 e. The van der Waals surface area contributed by atoms with Gasteiger partial charge in [0.2, 0.25) is 5.91 Å². The number of hydrogen-bond donors (Lipinski definition) is 3. The van der Waals surface area contributed by atoms with E-state index >= 15 is 0 Å². The van der Waals surface area contributed by atoms with Crippen LogP contribution < -0.4 is 16.0 Å². The third kappa shape index (κ3) is 6.06. The number of nitrogens with zero attached hydrogens (tertiary/aromatic N) is 1. The van der Waals surface area contributed by atoms with Gasteiger partial charge in [-0.2, -0.15) is 0 Å². The van der Waals surface area contributed by atoms with Crippen molar-refractivity contribution in [1.29, 1.82) is 0 Å². The highest BCUT2D eigenvalue weighted by atomic mass is 16.2. The predicted molar refractivity (Wildman–Crippen MR) is 117 cm³/mol. The van der Waals surface area contributed by atoms with Crippen molar-refractivity contribution in [3.8, 4) is 0 Å². The Morgan fingerprint density at radius 1 is 1.10 bits per heavy atom. The van der Waals surface area contributed by atoms with Crippen LogP contribution in [-0.4, -0.2) is 36.0 Å². The fourth-order valence-electron chi connectivity index (χ4n) is 3.40. The number of benzene rings is 2. The molecule has 0 unspecified atom stereocenters. The molecule has 0 bridgehead atoms. The summed E-state index contributed by atoms with van der Waals surface area (Å²) in [4.78, 5) is 26.8. The van der Waals surface area contributed by atoms with Gasteiger partial charge in [-0.1, -0.05) is 50.2 Å². The Morgan fingerprint density at radius 2 is 1.86 bits per heavy atom. The number of hydrogen-bond acceptors (Lipinski definition) is 3. The maximum atomic E-state index is 12.5. The fraction of sp³-hybridized carbons (Fsp3) is 0.391. The van der Waals surface area contributed by atoms with Crippen LogP contribution in [0, 0.1) is 12.8 Å². The molecule has 29 heavy (non-hydrogen) atoms. The van der Waals surface area contributed by atoms with Crippen molar-refractivity contribution in [2.24, 2.45) is 5.92 Å². The third-order valence-corrected chi connectivity index (χ3v) is 5.13. The molecular weight excluding hydrogens is 364 g/mol. The molecule has 154 valence electrons. The molecule has 2 aromatic carbocycles. The van der Waals surface area contributed by atoms with Gasteiger partial charge in [-0.05, 0) is 36.6 Å². The van der Waals surface area contributed by atoms with E-state index in [9.17, 15) is 9.59 Å². The average molecular weight is 395 g/mol. The Morgan fingerprint density at radius 3 is 2.59 bits per heavy atom. The average Bonchev–Trinajstić information content (AvgIpc) is 3.11. The van der Waals surface area contributed by atoms with Crippen LogP contribution in [0.4, 0.5) is 16.2 Å². The Balaban J connectivity index is 1.52. The van der Waals surface area contributed by atoms with Gasteiger partial charge < -0.3 is 16.0 Å². The molecule has 0 spiro atoms. The monoisotopic (exact) mass is 394 g/mol. The van der Waals surface area contributed by atoms with Gasteiger partial charge in [0.05, 0.1) is 0 Å². The van der Waals surface area contributed by atoms with E-state index in [1.807, 2.05) is 39.0 Å². The molecule has 0 aromatic heterocycles. The summed E-state index contributed by atoms with van der Waals surface area (Å²) in [5, 5.41) is 8.86. The SMILES string of the molecule is Cc1ccc(NC(=O)C(C)C)cc1NC(=O)N[C@@H]1CCN(Cc2ccccc2)C1. The molecule has 0 radical (unpaired) electrons. The van der Waals surface area contributed by atoms with Gasteiger partial charge in [-0.15, -0.1) is 0 Å². The second kappa shape index (κ2) is 9.56. The van der Waals surface area contributed by atoms with Gasteiger partial charge >= 0.3 is 6.03 Å². The van der Waals surface area contributed by atoms with Gasteiger partial charge in [0.15, 0.2) is 0 Å². The summed E-state index contributed by atoms with van der Waals surface area (Å²) in [6, 6.07) is 15.8. The molecule has 6 heteroatoms. The minimum atomic E-state index is -0.216. The van der Waals surface area contributed by atoms with E-state index in [1.54, 1.807) is 6.07 Å². The highest BCUT2D eigenvalue weighted by Gasteiger charge is 2.24. The van der Waals surface area contributed by atoms with Crippen LogP contribution >= 0.6 is 0 Å². The van der Waals surface area contributed by atoms with Crippen molar-refractivity contribution < 1.29 is 9.59 Å². The Bertz CT molecular complexity index is 851. The summed E-state index contributed by atoms with van der Waals surface area (Å²) in [6.07, 6.45) is 0.934. The van der Waals surface area contributed by atoms with E-state index in [-0.39, 0.29) is 23.9 Å². The number of amides is 3. The molecule has 3 N–H and O–H groups in total. The topological polar surface area (TPSA) is 73.5 Å². The maximum Gasteiger partial charge on any atom is 0.319 e. The van der Waals surface area contributed by atoms with Crippen LogP contribution in [0.25, 0.3) is 0 Å². The van der Waals surface area contributed by atoms with Crippen molar-refractivity contribution in [3.05, 3.63) is 59.7 Å². The molecule has 1 aliphatic heterocycles. The summed E-state index contributed by atoms with van der Waals surface area (Å²) in [6.45, 7) is 8.33. The Hall–Kier alpha value is -2.86. The number of urea groups is 1. The van der Waals surface area contributed by atoms with Crippen LogP contribution in [0.1, 0.15) is 31.4 Å².